The van der Waals surface area contributed by atoms with Gasteiger partial charge < -0.3 is 9.84 Å². The van der Waals surface area contributed by atoms with Crippen LogP contribution in [0.15, 0.2) is 21.7 Å². The summed E-state index contributed by atoms with van der Waals surface area (Å²) in [6.45, 7) is 3.18. The molecule has 1 saturated carbocycles. The van der Waals surface area contributed by atoms with E-state index in [1.54, 1.807) is 24.7 Å². The fraction of sp³-hybridized carbons (Fsp3) is 0.667. The van der Waals surface area contributed by atoms with Gasteiger partial charge in [-0.1, -0.05) is 24.4 Å². The van der Waals surface area contributed by atoms with E-state index in [4.69, 9.17) is 4.52 Å². The monoisotopic (exact) mass is 449 g/mol. The van der Waals surface area contributed by atoms with E-state index in [0.29, 0.717) is 36.9 Å². The lowest BCUT2D eigenvalue weighted by molar-refractivity contribution is 0.0906. The number of aromatic nitrogens is 3. The highest BCUT2D eigenvalue weighted by molar-refractivity contribution is 7.89. The molecule has 1 amide bonds. The molecule has 4 rings (SSSR count). The number of aryl methyl sites for hydroxylation is 1. The highest BCUT2D eigenvalue weighted by Crippen LogP contribution is 2.31. The average Bonchev–Trinajstić information content (AvgIpc) is 3.41. The van der Waals surface area contributed by atoms with E-state index in [9.17, 15) is 13.2 Å². The highest BCUT2D eigenvalue weighted by Gasteiger charge is 2.34. The summed E-state index contributed by atoms with van der Waals surface area (Å²) < 4.78 is 34.6. The van der Waals surface area contributed by atoms with E-state index < -0.39 is 10.0 Å². The third kappa shape index (κ3) is 4.69. The van der Waals surface area contributed by atoms with Gasteiger partial charge in [0.2, 0.25) is 15.8 Å². The number of carbonyl (C=O) groups excluding carboxylic acids is 1. The second-order valence-electron chi connectivity index (χ2n) is 8.75. The lowest BCUT2D eigenvalue weighted by Gasteiger charge is -2.30. The number of nitrogens with one attached hydrogen (secondary N) is 1. The molecule has 1 aliphatic heterocycles. The van der Waals surface area contributed by atoms with Crippen LogP contribution in [-0.4, -0.2) is 53.2 Å². The zero-order valence-electron chi connectivity index (χ0n) is 18.2. The molecule has 0 radical (unpaired) electrons. The molecule has 10 heteroatoms. The Kier molecular flexibility index (Phi) is 6.47. The van der Waals surface area contributed by atoms with Crippen molar-refractivity contribution in [3.05, 3.63) is 29.4 Å². The normalized spacial score (nSPS) is 21.3. The zero-order chi connectivity index (χ0) is 22.0. The number of carbonyl (C=O) groups is 1. The number of nitrogens with zero attached hydrogens (tertiary/aromatic N) is 4. The summed E-state index contributed by atoms with van der Waals surface area (Å²) in [7, 11) is -1.91. The van der Waals surface area contributed by atoms with Gasteiger partial charge in [0, 0.05) is 38.7 Å². The molecular formula is C21H31N5O4S. The van der Waals surface area contributed by atoms with E-state index in [-0.39, 0.29) is 22.5 Å². The fourth-order valence-corrected chi connectivity index (χ4v) is 6.29. The van der Waals surface area contributed by atoms with Gasteiger partial charge in [-0.25, -0.2) is 8.42 Å². The van der Waals surface area contributed by atoms with Crippen molar-refractivity contribution in [2.75, 3.05) is 19.6 Å². The van der Waals surface area contributed by atoms with Crippen LogP contribution in [0.5, 0.6) is 0 Å². The molecule has 1 atom stereocenters. The van der Waals surface area contributed by atoms with Crippen LogP contribution in [-0.2, 0) is 17.1 Å². The van der Waals surface area contributed by atoms with Crippen molar-refractivity contribution >= 4 is 15.9 Å². The number of hydrogen-bond acceptors (Lipinski definition) is 6. The Labute approximate surface area is 183 Å². The zero-order valence-corrected chi connectivity index (χ0v) is 19.0. The summed E-state index contributed by atoms with van der Waals surface area (Å²) in [5.41, 5.74) is 1.24. The molecule has 3 heterocycles. The number of amides is 1. The third-order valence-corrected chi connectivity index (χ3v) is 8.61. The first-order chi connectivity index (χ1) is 14.9. The Morgan fingerprint density at radius 1 is 1.23 bits per heavy atom. The van der Waals surface area contributed by atoms with Gasteiger partial charge >= 0.3 is 0 Å². The predicted octanol–water partition coefficient (Wildman–Crippen LogP) is 2.59. The van der Waals surface area contributed by atoms with E-state index >= 15 is 0 Å². The smallest absolute Gasteiger partial charge is 0.289 e. The molecule has 0 aromatic carbocycles. The van der Waals surface area contributed by atoms with Gasteiger partial charge in [-0.05, 0) is 38.5 Å². The molecule has 0 spiro atoms. The highest BCUT2D eigenvalue weighted by atomic mass is 32.2. The Morgan fingerprint density at radius 2 is 2.00 bits per heavy atom. The van der Waals surface area contributed by atoms with E-state index in [0.717, 1.165) is 25.7 Å². The van der Waals surface area contributed by atoms with Crippen LogP contribution < -0.4 is 5.32 Å². The van der Waals surface area contributed by atoms with Crippen LogP contribution >= 0.6 is 0 Å². The summed E-state index contributed by atoms with van der Waals surface area (Å²) in [4.78, 5) is 12.7. The minimum atomic E-state index is -3.63. The van der Waals surface area contributed by atoms with Crippen molar-refractivity contribution in [1.29, 1.82) is 0 Å². The molecular weight excluding hydrogens is 418 g/mol. The summed E-state index contributed by atoms with van der Waals surface area (Å²) in [5, 5.41) is 11.1. The first kappa shape index (κ1) is 22.0. The minimum Gasteiger partial charge on any atom is -0.351 e. The van der Waals surface area contributed by atoms with Crippen molar-refractivity contribution in [2.24, 2.45) is 13.0 Å². The van der Waals surface area contributed by atoms with Gasteiger partial charge in [0.25, 0.3) is 5.91 Å². The van der Waals surface area contributed by atoms with Crippen LogP contribution in [0.25, 0.3) is 0 Å². The molecule has 31 heavy (non-hydrogen) atoms. The molecule has 1 aliphatic carbocycles. The maximum atomic E-state index is 13.1. The van der Waals surface area contributed by atoms with Crippen molar-refractivity contribution in [2.45, 2.75) is 62.7 Å². The maximum Gasteiger partial charge on any atom is 0.289 e. The van der Waals surface area contributed by atoms with Crippen molar-refractivity contribution < 1.29 is 17.7 Å². The summed E-state index contributed by atoms with van der Waals surface area (Å²) >= 11 is 0. The molecule has 9 nitrogen and oxygen atoms in total. The molecule has 2 aliphatic rings. The Bertz CT molecular complexity index is 1020. The van der Waals surface area contributed by atoms with Gasteiger partial charge in [-0.3, -0.25) is 9.48 Å². The van der Waals surface area contributed by atoms with Gasteiger partial charge in [0.15, 0.2) is 0 Å². The van der Waals surface area contributed by atoms with Crippen LogP contribution in [0.2, 0.25) is 0 Å². The average molecular weight is 450 g/mol. The fourth-order valence-electron chi connectivity index (χ4n) is 4.58. The molecule has 2 aromatic rings. The first-order valence-corrected chi connectivity index (χ1v) is 12.5. The van der Waals surface area contributed by atoms with Gasteiger partial charge in [-0.15, -0.1) is 0 Å². The number of sulfonamides is 1. The summed E-state index contributed by atoms with van der Waals surface area (Å²) in [5.74, 6) is 0.363. The molecule has 2 fully saturated rings. The van der Waals surface area contributed by atoms with Crippen LogP contribution in [0, 0.1) is 12.8 Å². The number of hydrogen-bond donors (Lipinski definition) is 1. The van der Waals surface area contributed by atoms with E-state index in [2.05, 4.69) is 15.6 Å². The summed E-state index contributed by atoms with van der Waals surface area (Å²) in [6.07, 6.45) is 8.98. The van der Waals surface area contributed by atoms with Gasteiger partial charge in [0.05, 0.1) is 17.6 Å². The van der Waals surface area contributed by atoms with Crippen LogP contribution in [0.4, 0.5) is 0 Å². The first-order valence-electron chi connectivity index (χ1n) is 11.1. The second kappa shape index (κ2) is 9.12. The SMILES string of the molecule is Cc1c(S(=O)(=O)N2CCCC(c3cc(C(=O)NCC4CCCCC4)on3)C2)cnn1C. The Morgan fingerprint density at radius 3 is 2.71 bits per heavy atom. The molecule has 2 aromatic heterocycles. The van der Waals surface area contributed by atoms with Gasteiger partial charge in [0.1, 0.15) is 4.90 Å². The van der Waals surface area contributed by atoms with Crippen LogP contribution in [0.3, 0.4) is 0 Å². The van der Waals surface area contributed by atoms with Crippen molar-refractivity contribution in [1.82, 2.24) is 24.6 Å². The number of piperidine rings is 1. The number of rotatable bonds is 6. The predicted molar refractivity (Wildman–Crippen MR) is 114 cm³/mol. The Hall–Kier alpha value is -2.20. The largest absolute Gasteiger partial charge is 0.351 e. The lowest BCUT2D eigenvalue weighted by Crippen LogP contribution is -2.39. The standard InChI is InChI=1S/C21H31N5O4S/c1-15-20(13-23-25(15)2)31(28,29)26-10-6-9-17(14-26)18-11-19(30-24-18)21(27)22-12-16-7-4-3-5-8-16/h11,13,16-17H,3-10,12,14H2,1-2H3,(H,22,27). The quantitative estimate of drug-likeness (QED) is 0.726. The second-order valence-corrected chi connectivity index (χ2v) is 10.7. The van der Waals surface area contributed by atoms with Crippen molar-refractivity contribution in [3.63, 3.8) is 0 Å². The molecule has 0 bridgehead atoms. The topological polar surface area (TPSA) is 110 Å². The Balaban J connectivity index is 1.40. The van der Waals surface area contributed by atoms with E-state index in [1.165, 1.54) is 29.8 Å². The summed E-state index contributed by atoms with van der Waals surface area (Å²) in [6, 6.07) is 1.66. The lowest BCUT2D eigenvalue weighted by atomic mass is 9.89. The van der Waals surface area contributed by atoms with Gasteiger partial charge in [-0.2, -0.15) is 9.40 Å². The minimum absolute atomic E-state index is 0.107. The van der Waals surface area contributed by atoms with Crippen LogP contribution in [0.1, 0.15) is 72.8 Å². The molecule has 170 valence electrons. The van der Waals surface area contributed by atoms with Crippen molar-refractivity contribution in [3.8, 4) is 0 Å². The molecule has 1 saturated heterocycles. The molecule has 1 unspecified atom stereocenters. The van der Waals surface area contributed by atoms with E-state index in [1.807, 2.05) is 0 Å². The maximum absolute atomic E-state index is 13.1. The third-order valence-electron chi connectivity index (χ3n) is 6.64. The molecule has 1 N–H and O–H groups in total.